The molecule has 25 heavy (non-hydrogen) atoms. The van der Waals surface area contributed by atoms with Crippen molar-refractivity contribution < 1.29 is 13.9 Å². The first-order chi connectivity index (χ1) is 12.1. The lowest BCUT2D eigenvalue weighted by molar-refractivity contribution is -0.146. The van der Waals surface area contributed by atoms with Crippen molar-refractivity contribution in [2.24, 2.45) is 0 Å². The Morgan fingerprint density at radius 2 is 1.80 bits per heavy atom. The van der Waals surface area contributed by atoms with E-state index < -0.39 is 17.9 Å². The summed E-state index contributed by atoms with van der Waals surface area (Å²) in [6.07, 6.45) is 0.717. The van der Waals surface area contributed by atoms with Gasteiger partial charge in [-0.2, -0.15) is 0 Å². The van der Waals surface area contributed by atoms with Gasteiger partial charge in [0.2, 0.25) is 0 Å². The lowest BCUT2D eigenvalue weighted by atomic mass is 10.1. The van der Waals surface area contributed by atoms with Gasteiger partial charge in [-0.15, -0.1) is 0 Å². The molecule has 1 heterocycles. The molecular formula is C20H15ClFNO2. The van der Waals surface area contributed by atoms with Gasteiger partial charge >= 0.3 is 5.97 Å². The molecule has 0 aliphatic heterocycles. The predicted molar refractivity (Wildman–Crippen MR) is 93.7 cm³/mol. The Morgan fingerprint density at radius 1 is 1.04 bits per heavy atom. The molecular weight excluding hydrogens is 341 g/mol. The van der Waals surface area contributed by atoms with Crippen molar-refractivity contribution in [3.63, 3.8) is 0 Å². The second-order valence-electron chi connectivity index (χ2n) is 5.41. The van der Waals surface area contributed by atoms with E-state index >= 15 is 0 Å². The van der Waals surface area contributed by atoms with E-state index in [0.717, 1.165) is 5.56 Å². The molecule has 0 saturated carbocycles. The number of aromatic nitrogens is 1. The number of benzene rings is 2. The lowest BCUT2D eigenvalue weighted by Gasteiger charge is -2.18. The topological polar surface area (TPSA) is 39.2 Å². The number of nitrogens with zero attached hydrogens (tertiary/aromatic N) is 1. The fourth-order valence-electron chi connectivity index (χ4n) is 2.48. The maximum atomic E-state index is 13.9. The number of hydrogen-bond acceptors (Lipinski definition) is 3. The first kappa shape index (κ1) is 17.1. The third kappa shape index (κ3) is 4.22. The molecule has 3 aromatic rings. The van der Waals surface area contributed by atoms with E-state index in [9.17, 15) is 9.18 Å². The molecule has 0 aliphatic carbocycles. The largest absolute Gasteiger partial charge is 0.451 e. The van der Waals surface area contributed by atoms with E-state index in [4.69, 9.17) is 16.3 Å². The van der Waals surface area contributed by atoms with Crippen molar-refractivity contribution in [1.29, 1.82) is 0 Å². The Balaban J connectivity index is 1.84. The molecule has 0 radical (unpaired) electrons. The first-order valence-corrected chi connectivity index (χ1v) is 8.11. The molecule has 1 aromatic heterocycles. The molecule has 3 nitrogen and oxygen atoms in total. The summed E-state index contributed by atoms with van der Waals surface area (Å²) in [6.45, 7) is 0. The van der Waals surface area contributed by atoms with Crippen LogP contribution >= 0.6 is 11.6 Å². The second-order valence-corrected chi connectivity index (χ2v) is 5.82. The highest BCUT2D eigenvalue weighted by Gasteiger charge is 2.21. The molecule has 1 atom stereocenters. The van der Waals surface area contributed by atoms with E-state index in [1.54, 1.807) is 24.4 Å². The smallest absolute Gasteiger partial charge is 0.311 e. The highest BCUT2D eigenvalue weighted by Crippen LogP contribution is 2.26. The maximum absolute atomic E-state index is 13.9. The summed E-state index contributed by atoms with van der Waals surface area (Å²) in [6, 6.07) is 19.0. The number of ether oxygens (including phenoxy) is 1. The van der Waals surface area contributed by atoms with E-state index in [2.05, 4.69) is 4.98 Å². The quantitative estimate of drug-likeness (QED) is 0.620. The number of pyridine rings is 1. The molecule has 0 spiro atoms. The van der Waals surface area contributed by atoms with Crippen LogP contribution in [0.25, 0.3) is 0 Å². The zero-order valence-corrected chi connectivity index (χ0v) is 14.0. The van der Waals surface area contributed by atoms with E-state index in [1.807, 2.05) is 36.4 Å². The molecule has 126 valence electrons. The Kier molecular flexibility index (Phi) is 5.41. The number of carbonyl (C=O) groups excluding carboxylic acids is 1. The Labute approximate surface area is 150 Å². The standard InChI is InChI=1S/C20H15ClFNO2/c21-16-9-6-10-17(22)15(16)13-19(24)25-20(14-7-2-1-3-8-14)18-11-4-5-12-23-18/h1-12,20H,13H2. The van der Waals surface area contributed by atoms with Crippen LogP contribution in [-0.2, 0) is 16.0 Å². The molecule has 1 unspecified atom stereocenters. The zero-order valence-electron chi connectivity index (χ0n) is 13.2. The van der Waals surface area contributed by atoms with Crippen LogP contribution in [0.15, 0.2) is 72.9 Å². The summed E-state index contributed by atoms with van der Waals surface area (Å²) in [5.74, 6) is -1.11. The summed E-state index contributed by atoms with van der Waals surface area (Å²) < 4.78 is 19.5. The van der Waals surface area contributed by atoms with Crippen molar-refractivity contribution in [2.75, 3.05) is 0 Å². The van der Waals surface area contributed by atoms with Gasteiger partial charge in [-0.1, -0.05) is 54.1 Å². The normalized spacial score (nSPS) is 11.8. The minimum absolute atomic E-state index is 0.127. The van der Waals surface area contributed by atoms with Gasteiger partial charge in [-0.05, 0) is 29.8 Å². The van der Waals surface area contributed by atoms with Gasteiger partial charge in [0.1, 0.15) is 5.82 Å². The van der Waals surface area contributed by atoms with Gasteiger partial charge in [-0.25, -0.2) is 4.39 Å². The van der Waals surface area contributed by atoms with Crippen LogP contribution < -0.4 is 0 Å². The van der Waals surface area contributed by atoms with Crippen molar-refractivity contribution in [3.8, 4) is 0 Å². The van der Waals surface area contributed by atoms with Crippen molar-refractivity contribution in [1.82, 2.24) is 4.98 Å². The fraction of sp³-hybridized carbons (Fsp3) is 0.100. The molecule has 2 aromatic carbocycles. The predicted octanol–water partition coefficient (Wildman–Crippen LogP) is 4.75. The van der Waals surface area contributed by atoms with E-state index in [-0.39, 0.29) is 17.0 Å². The third-order valence-electron chi connectivity index (χ3n) is 3.69. The van der Waals surface area contributed by atoms with Gasteiger partial charge < -0.3 is 4.74 Å². The summed E-state index contributed by atoms with van der Waals surface area (Å²) in [4.78, 5) is 16.7. The number of halogens is 2. The minimum atomic E-state index is -0.666. The van der Waals surface area contributed by atoms with Gasteiger partial charge in [0, 0.05) is 16.8 Å². The van der Waals surface area contributed by atoms with Crippen LogP contribution in [0.2, 0.25) is 5.02 Å². The van der Waals surface area contributed by atoms with E-state index in [0.29, 0.717) is 5.69 Å². The Morgan fingerprint density at radius 3 is 2.48 bits per heavy atom. The summed E-state index contributed by atoms with van der Waals surface area (Å²) >= 11 is 5.98. The molecule has 3 rings (SSSR count). The van der Waals surface area contributed by atoms with Crippen molar-refractivity contribution >= 4 is 17.6 Å². The van der Waals surface area contributed by atoms with Gasteiger partial charge in [0.15, 0.2) is 6.10 Å². The minimum Gasteiger partial charge on any atom is -0.451 e. The van der Waals surface area contributed by atoms with Crippen LogP contribution in [0.3, 0.4) is 0 Å². The number of hydrogen-bond donors (Lipinski definition) is 0. The molecule has 0 aliphatic rings. The SMILES string of the molecule is O=C(Cc1c(F)cccc1Cl)OC(c1ccccc1)c1ccccn1. The number of esters is 1. The van der Waals surface area contributed by atoms with Crippen molar-refractivity contribution in [2.45, 2.75) is 12.5 Å². The fourth-order valence-corrected chi connectivity index (χ4v) is 2.71. The van der Waals surface area contributed by atoms with Crippen LogP contribution in [0, 0.1) is 5.82 Å². The molecule has 0 amide bonds. The van der Waals surface area contributed by atoms with Crippen LogP contribution in [-0.4, -0.2) is 11.0 Å². The number of rotatable bonds is 5. The zero-order chi connectivity index (χ0) is 17.6. The second kappa shape index (κ2) is 7.90. The van der Waals surface area contributed by atoms with Crippen LogP contribution in [0.4, 0.5) is 4.39 Å². The van der Waals surface area contributed by atoms with Crippen molar-refractivity contribution in [3.05, 3.63) is 101 Å². The average Bonchev–Trinajstić information content (AvgIpc) is 2.64. The molecule has 0 N–H and O–H groups in total. The summed E-state index contributed by atoms with van der Waals surface area (Å²) in [5, 5.41) is 0.200. The number of carbonyl (C=O) groups is 1. The van der Waals surface area contributed by atoms with Gasteiger partial charge in [-0.3, -0.25) is 9.78 Å². The van der Waals surface area contributed by atoms with Gasteiger partial charge in [0.05, 0.1) is 12.1 Å². The summed E-state index contributed by atoms with van der Waals surface area (Å²) in [5.41, 5.74) is 1.51. The molecule has 0 fully saturated rings. The first-order valence-electron chi connectivity index (χ1n) is 7.73. The molecule has 5 heteroatoms. The highest BCUT2D eigenvalue weighted by atomic mass is 35.5. The highest BCUT2D eigenvalue weighted by molar-refractivity contribution is 6.31. The Hall–Kier alpha value is -2.72. The molecule has 0 saturated heterocycles. The molecule has 0 bridgehead atoms. The van der Waals surface area contributed by atoms with E-state index in [1.165, 1.54) is 12.1 Å². The monoisotopic (exact) mass is 355 g/mol. The van der Waals surface area contributed by atoms with Gasteiger partial charge in [0.25, 0.3) is 0 Å². The maximum Gasteiger partial charge on any atom is 0.311 e. The van der Waals surface area contributed by atoms with Crippen LogP contribution in [0.5, 0.6) is 0 Å². The summed E-state index contributed by atoms with van der Waals surface area (Å²) in [7, 11) is 0. The lowest BCUT2D eigenvalue weighted by Crippen LogP contribution is -2.16. The third-order valence-corrected chi connectivity index (χ3v) is 4.04. The van der Waals surface area contributed by atoms with Crippen LogP contribution in [0.1, 0.15) is 22.9 Å². The average molecular weight is 356 g/mol. The Bertz CT molecular complexity index is 796.